The van der Waals surface area contributed by atoms with Crippen molar-refractivity contribution >= 4 is 27.7 Å². The molecule has 0 aromatic heterocycles. The Labute approximate surface area is 165 Å². The van der Waals surface area contributed by atoms with Crippen molar-refractivity contribution in [2.75, 3.05) is 26.1 Å². The van der Waals surface area contributed by atoms with Gasteiger partial charge in [0.05, 0.1) is 12.0 Å². The number of methoxy groups -OCH3 is 1. The molecule has 0 atom stereocenters. The number of carbonyl (C=O) groups is 1. The molecular formula is C20H24N2O5S. The smallest absolute Gasteiger partial charge is 0.262 e. The minimum Gasteiger partial charge on any atom is -0.493 e. The molecule has 7 nitrogen and oxygen atoms in total. The minimum absolute atomic E-state index is 0.106. The molecule has 0 fully saturated rings. The fourth-order valence-corrected chi connectivity index (χ4v) is 3.51. The lowest BCUT2D eigenvalue weighted by atomic mass is 10.2. The number of carbonyl (C=O) groups excluding carboxylic acids is 1. The van der Waals surface area contributed by atoms with Gasteiger partial charge in [0.15, 0.2) is 18.1 Å². The summed E-state index contributed by atoms with van der Waals surface area (Å²) in [6.45, 7) is 3.35. The van der Waals surface area contributed by atoms with Crippen molar-refractivity contribution in [3.63, 3.8) is 0 Å². The van der Waals surface area contributed by atoms with E-state index in [1.165, 1.54) is 20.2 Å². The third kappa shape index (κ3) is 5.34. The van der Waals surface area contributed by atoms with Crippen LogP contribution in [0.25, 0.3) is 6.08 Å². The molecule has 0 bridgehead atoms. The Bertz CT molecular complexity index is 984. The van der Waals surface area contributed by atoms with Crippen molar-refractivity contribution in [3.8, 4) is 11.5 Å². The van der Waals surface area contributed by atoms with Crippen molar-refractivity contribution in [3.05, 3.63) is 53.6 Å². The highest BCUT2D eigenvalue weighted by molar-refractivity contribution is 7.89. The van der Waals surface area contributed by atoms with Crippen LogP contribution in [0.4, 0.5) is 5.69 Å². The molecule has 28 heavy (non-hydrogen) atoms. The average Bonchev–Trinajstić information content (AvgIpc) is 2.68. The second-order valence-corrected chi connectivity index (χ2v) is 7.79. The Balaban J connectivity index is 2.08. The Morgan fingerprint density at radius 3 is 2.54 bits per heavy atom. The topological polar surface area (TPSA) is 93.7 Å². The van der Waals surface area contributed by atoms with E-state index in [9.17, 15) is 13.2 Å². The maximum Gasteiger partial charge on any atom is 0.262 e. The first kappa shape index (κ1) is 21.5. The van der Waals surface area contributed by atoms with Gasteiger partial charge in [-0.1, -0.05) is 24.3 Å². The number of nitrogens with one attached hydrogen (secondary N) is 2. The van der Waals surface area contributed by atoms with Crippen LogP contribution in [0.1, 0.15) is 18.1 Å². The van der Waals surface area contributed by atoms with Crippen molar-refractivity contribution in [2.24, 2.45) is 0 Å². The summed E-state index contributed by atoms with van der Waals surface area (Å²) in [5, 5.41) is 2.64. The molecule has 0 radical (unpaired) electrons. The largest absolute Gasteiger partial charge is 0.493 e. The van der Waals surface area contributed by atoms with Crippen LogP contribution in [0.5, 0.6) is 11.5 Å². The molecule has 2 N–H and O–H groups in total. The Morgan fingerprint density at radius 1 is 1.14 bits per heavy atom. The number of hydrogen-bond donors (Lipinski definition) is 2. The van der Waals surface area contributed by atoms with Crippen molar-refractivity contribution in [2.45, 2.75) is 18.7 Å². The van der Waals surface area contributed by atoms with Crippen LogP contribution >= 0.6 is 0 Å². The highest BCUT2D eigenvalue weighted by atomic mass is 32.2. The summed E-state index contributed by atoms with van der Waals surface area (Å²) in [5.74, 6) is 0.533. The van der Waals surface area contributed by atoms with Crippen molar-refractivity contribution < 1.29 is 22.7 Å². The SMILES string of the molecule is C/C=C/c1ccc(OCC(=O)Nc2ccc(C)c(S(=O)(=O)NC)c2)c(OC)c1. The number of hydrogen-bond acceptors (Lipinski definition) is 5. The van der Waals surface area contributed by atoms with Crippen LogP contribution in [0.2, 0.25) is 0 Å². The molecule has 0 aliphatic carbocycles. The van der Waals surface area contributed by atoms with E-state index in [-0.39, 0.29) is 11.5 Å². The van der Waals surface area contributed by atoms with Gasteiger partial charge in [-0.15, -0.1) is 0 Å². The fraction of sp³-hybridized carbons (Fsp3) is 0.250. The zero-order chi connectivity index (χ0) is 20.7. The van der Waals surface area contributed by atoms with Gasteiger partial charge in [-0.2, -0.15) is 0 Å². The summed E-state index contributed by atoms with van der Waals surface area (Å²) < 4.78 is 37.2. The summed E-state index contributed by atoms with van der Waals surface area (Å²) in [7, 11) is -0.753. The van der Waals surface area contributed by atoms with Gasteiger partial charge in [0.2, 0.25) is 10.0 Å². The first-order valence-electron chi connectivity index (χ1n) is 8.58. The van der Waals surface area contributed by atoms with Gasteiger partial charge in [-0.3, -0.25) is 4.79 Å². The van der Waals surface area contributed by atoms with Crippen LogP contribution in [0.3, 0.4) is 0 Å². The first-order valence-corrected chi connectivity index (χ1v) is 10.1. The van der Waals surface area contributed by atoms with Gasteiger partial charge < -0.3 is 14.8 Å². The van der Waals surface area contributed by atoms with Gasteiger partial charge in [0.25, 0.3) is 5.91 Å². The number of aryl methyl sites for hydroxylation is 1. The van der Waals surface area contributed by atoms with Crippen LogP contribution in [0.15, 0.2) is 47.4 Å². The van der Waals surface area contributed by atoms with E-state index in [2.05, 4.69) is 10.0 Å². The van der Waals surface area contributed by atoms with E-state index in [1.54, 1.807) is 25.1 Å². The monoisotopic (exact) mass is 404 g/mol. The molecule has 0 unspecified atom stereocenters. The highest BCUT2D eigenvalue weighted by Gasteiger charge is 2.16. The molecule has 0 saturated heterocycles. The van der Waals surface area contributed by atoms with Gasteiger partial charge in [0.1, 0.15) is 0 Å². The third-order valence-electron chi connectivity index (χ3n) is 3.94. The standard InChI is InChI=1S/C20H24N2O5S/c1-5-6-15-8-10-17(18(11-15)26-4)27-13-20(23)22-16-9-7-14(2)19(12-16)28(24,25)21-3/h5-12,21H,13H2,1-4H3,(H,22,23)/b6-5+. The molecular weight excluding hydrogens is 380 g/mol. The predicted molar refractivity (Wildman–Crippen MR) is 109 cm³/mol. The van der Waals surface area contributed by atoms with Crippen molar-refractivity contribution in [1.82, 2.24) is 4.72 Å². The van der Waals surface area contributed by atoms with Crippen molar-refractivity contribution in [1.29, 1.82) is 0 Å². The number of allylic oxidation sites excluding steroid dienone is 1. The lowest BCUT2D eigenvalue weighted by Gasteiger charge is -2.13. The lowest BCUT2D eigenvalue weighted by Crippen LogP contribution is -2.22. The summed E-state index contributed by atoms with van der Waals surface area (Å²) >= 11 is 0. The minimum atomic E-state index is -3.61. The van der Waals surface area contributed by atoms with E-state index >= 15 is 0 Å². The van der Waals surface area contributed by atoms with Crippen LogP contribution in [-0.4, -0.2) is 35.1 Å². The molecule has 0 heterocycles. The van der Waals surface area contributed by atoms with Gasteiger partial charge in [0, 0.05) is 5.69 Å². The summed E-state index contributed by atoms with van der Waals surface area (Å²) in [5.41, 5.74) is 1.90. The molecule has 0 saturated carbocycles. The molecule has 8 heteroatoms. The van der Waals surface area contributed by atoms with Gasteiger partial charge in [-0.25, -0.2) is 13.1 Å². The predicted octanol–water partition coefficient (Wildman–Crippen LogP) is 2.96. The van der Waals surface area contributed by atoms with Crippen LogP contribution in [-0.2, 0) is 14.8 Å². The maximum atomic E-state index is 12.2. The van der Waals surface area contributed by atoms with E-state index in [0.717, 1.165) is 5.56 Å². The molecule has 2 aromatic carbocycles. The van der Waals surface area contributed by atoms with Gasteiger partial charge in [-0.05, 0) is 56.3 Å². The van der Waals surface area contributed by atoms with E-state index in [1.807, 2.05) is 31.2 Å². The Kier molecular flexibility index (Phi) is 7.19. The number of benzene rings is 2. The molecule has 0 aliphatic rings. The Morgan fingerprint density at radius 2 is 1.89 bits per heavy atom. The third-order valence-corrected chi connectivity index (χ3v) is 5.49. The fourth-order valence-electron chi connectivity index (χ4n) is 2.52. The first-order chi connectivity index (χ1) is 13.3. The number of rotatable bonds is 8. The number of amides is 1. The molecule has 150 valence electrons. The summed E-state index contributed by atoms with van der Waals surface area (Å²) in [6.07, 6.45) is 3.83. The molecule has 0 spiro atoms. The van der Waals surface area contributed by atoms with E-state index in [0.29, 0.717) is 22.7 Å². The van der Waals surface area contributed by atoms with E-state index < -0.39 is 15.9 Å². The maximum absolute atomic E-state index is 12.2. The molecule has 2 aromatic rings. The van der Waals surface area contributed by atoms with Gasteiger partial charge >= 0.3 is 0 Å². The zero-order valence-corrected chi connectivity index (χ0v) is 17.1. The highest BCUT2D eigenvalue weighted by Crippen LogP contribution is 2.28. The number of anilines is 1. The molecule has 2 rings (SSSR count). The quantitative estimate of drug-likeness (QED) is 0.706. The van der Waals surface area contributed by atoms with Crippen LogP contribution < -0.4 is 19.5 Å². The zero-order valence-electron chi connectivity index (χ0n) is 16.3. The summed E-state index contributed by atoms with van der Waals surface area (Å²) in [4.78, 5) is 12.3. The second kappa shape index (κ2) is 9.38. The molecule has 1 amide bonds. The second-order valence-electron chi connectivity index (χ2n) is 5.93. The average molecular weight is 404 g/mol. The Hall–Kier alpha value is -2.84. The number of ether oxygens (including phenoxy) is 2. The molecule has 0 aliphatic heterocycles. The number of sulfonamides is 1. The normalized spacial score (nSPS) is 11.4. The van der Waals surface area contributed by atoms with E-state index in [4.69, 9.17) is 9.47 Å². The van der Waals surface area contributed by atoms with Crippen LogP contribution in [0, 0.1) is 6.92 Å². The lowest BCUT2D eigenvalue weighted by molar-refractivity contribution is -0.118. The summed E-state index contributed by atoms with van der Waals surface area (Å²) in [6, 6.07) is 10.1.